The summed E-state index contributed by atoms with van der Waals surface area (Å²) >= 11 is 2.84. The molecular weight excluding hydrogens is 922 g/mol. The highest BCUT2D eigenvalue weighted by Gasteiger charge is 2.24. The number of aromatic carboxylic acids is 1. The van der Waals surface area contributed by atoms with Gasteiger partial charge in [0.25, 0.3) is 0 Å². The van der Waals surface area contributed by atoms with Crippen molar-refractivity contribution in [2.75, 3.05) is 79.0 Å². The quantitative estimate of drug-likeness (QED) is 0.0378. The van der Waals surface area contributed by atoms with Gasteiger partial charge in [0.2, 0.25) is 0 Å². The van der Waals surface area contributed by atoms with Gasteiger partial charge in [0, 0.05) is 51.8 Å². The van der Waals surface area contributed by atoms with E-state index in [4.69, 9.17) is 19.2 Å². The number of fused-ring (bicyclic) bond motifs is 1. The number of aromatic nitrogens is 4. The molecule has 0 aliphatic rings. The summed E-state index contributed by atoms with van der Waals surface area (Å²) in [5, 5.41) is 20.1. The summed E-state index contributed by atoms with van der Waals surface area (Å²) in [5.74, 6) is 5.38. The summed E-state index contributed by atoms with van der Waals surface area (Å²) in [6.45, 7) is 18.6. The highest BCUT2D eigenvalue weighted by atomic mass is 32.1. The first-order valence-electron chi connectivity index (χ1n) is 22.9. The third kappa shape index (κ3) is 16.8. The standard InChI is InChI=1S/C49H68FN9O6S2Si/c1-35-32-42(53-54-44(35)52-47-59(34-63-30-31-68(9,10)11)38-19-12-13-20-40(38)66-47)58(26-15-14-25-56(7)27-28-57(8)48(62)65-49(2,3)4)46-51-43(45(60)61)41(67-46)21-17-29-64-39-23-22-36(33-37(39)50)18-16-24-55(5)6/h12-13,19-20,22-23,32-33H,14-15,17,21,24-31,34H2,1-11H3,(H,60,61). The lowest BCUT2D eigenvalue weighted by atomic mass is 10.2. The Hall–Kier alpha value is -5.23. The van der Waals surface area contributed by atoms with Crippen LogP contribution >= 0.6 is 22.7 Å². The number of hydrogen-bond donors (Lipinski definition) is 1. The molecule has 0 fully saturated rings. The van der Waals surface area contributed by atoms with Crippen molar-refractivity contribution in [1.29, 1.82) is 0 Å². The molecular formula is C49H68FN9O6S2Si. The molecule has 0 bridgehead atoms. The van der Waals surface area contributed by atoms with Crippen LogP contribution in [-0.2, 0) is 22.6 Å². The van der Waals surface area contributed by atoms with Crippen LogP contribution in [0, 0.1) is 24.6 Å². The van der Waals surface area contributed by atoms with E-state index in [9.17, 15) is 19.1 Å². The van der Waals surface area contributed by atoms with Crippen LogP contribution in [-0.4, -0.2) is 139 Å². The van der Waals surface area contributed by atoms with Crippen LogP contribution in [0.25, 0.3) is 10.2 Å². The number of thiazole rings is 2. The Labute approximate surface area is 409 Å². The molecule has 1 N–H and O–H groups in total. The highest BCUT2D eigenvalue weighted by Crippen LogP contribution is 2.34. The van der Waals surface area contributed by atoms with E-state index in [2.05, 4.69) is 68.3 Å². The number of anilines is 2. The van der Waals surface area contributed by atoms with Crippen molar-refractivity contribution in [3.05, 3.63) is 80.8 Å². The number of aryl methyl sites for hydroxylation is 2. The Kier molecular flexibility index (Phi) is 19.6. The van der Waals surface area contributed by atoms with Crippen molar-refractivity contribution in [1.82, 2.24) is 34.4 Å². The molecule has 3 heterocycles. The molecule has 0 saturated heterocycles. The van der Waals surface area contributed by atoms with Crippen LogP contribution in [0.5, 0.6) is 5.75 Å². The van der Waals surface area contributed by atoms with E-state index in [0.717, 1.165) is 46.0 Å². The number of unbranched alkanes of at least 4 members (excludes halogenated alkanes) is 1. The second-order valence-corrected chi connectivity index (χ2v) is 26.9. The zero-order valence-corrected chi connectivity index (χ0v) is 44.2. The summed E-state index contributed by atoms with van der Waals surface area (Å²) in [4.78, 5) is 43.7. The second-order valence-electron chi connectivity index (χ2n) is 19.2. The molecule has 68 heavy (non-hydrogen) atoms. The van der Waals surface area contributed by atoms with E-state index >= 15 is 0 Å². The Balaban J connectivity index is 1.35. The number of benzene rings is 2. The normalized spacial score (nSPS) is 12.2. The molecule has 0 saturated carbocycles. The molecule has 0 spiro atoms. The van der Waals surface area contributed by atoms with Crippen molar-refractivity contribution in [3.63, 3.8) is 0 Å². The fraction of sp³-hybridized carbons (Fsp3) is 0.510. The van der Waals surface area contributed by atoms with Crippen molar-refractivity contribution in [2.24, 2.45) is 4.99 Å². The molecule has 5 rings (SSSR count). The lowest BCUT2D eigenvalue weighted by Crippen LogP contribution is -2.38. The summed E-state index contributed by atoms with van der Waals surface area (Å²) in [5.41, 5.74) is 1.75. The van der Waals surface area contributed by atoms with E-state index in [0.29, 0.717) is 79.6 Å². The van der Waals surface area contributed by atoms with Gasteiger partial charge < -0.3 is 34.0 Å². The Morgan fingerprint density at radius 2 is 1.69 bits per heavy atom. The number of carboxylic acids is 1. The van der Waals surface area contributed by atoms with E-state index in [1.54, 1.807) is 35.4 Å². The van der Waals surface area contributed by atoms with Crippen LogP contribution in [0.4, 0.5) is 26.0 Å². The predicted octanol–water partition coefficient (Wildman–Crippen LogP) is 9.28. The van der Waals surface area contributed by atoms with Gasteiger partial charge in [-0.3, -0.25) is 9.47 Å². The number of carbonyl (C=O) groups is 2. The summed E-state index contributed by atoms with van der Waals surface area (Å²) in [6, 6.07) is 15.8. The number of carbonyl (C=O) groups excluding carboxylic acids is 1. The van der Waals surface area contributed by atoms with Gasteiger partial charge in [-0.05, 0) is 129 Å². The molecule has 5 aromatic rings. The topological polar surface area (TPSA) is 151 Å². The molecule has 2 aromatic carbocycles. The zero-order valence-electron chi connectivity index (χ0n) is 41.5. The van der Waals surface area contributed by atoms with Gasteiger partial charge in [-0.25, -0.2) is 19.0 Å². The second kappa shape index (κ2) is 24.9. The number of carboxylic acid groups (broad SMARTS) is 1. The van der Waals surface area contributed by atoms with E-state index < -0.39 is 25.5 Å². The first-order chi connectivity index (χ1) is 32.2. The van der Waals surface area contributed by atoms with Gasteiger partial charge >= 0.3 is 12.1 Å². The number of amides is 1. The number of hydrogen-bond acceptors (Lipinski definition) is 14. The maximum atomic E-state index is 14.9. The SMILES string of the molecule is Cc1cc(N(CCCCN(C)CCN(C)C(=O)OC(C)(C)C)c2nc(C(=O)O)c(CCCOc3ccc(C#CCN(C)C)cc3F)s2)nnc1N=c1sc2ccccc2n1COCC[Si](C)(C)C. The van der Waals surface area contributed by atoms with Crippen LogP contribution in [0.15, 0.2) is 53.5 Å². The smallest absolute Gasteiger partial charge is 0.410 e. The number of ether oxygens (including phenoxy) is 3. The lowest BCUT2D eigenvalue weighted by Gasteiger charge is -2.26. The molecule has 0 radical (unpaired) electrons. The Morgan fingerprint density at radius 1 is 0.941 bits per heavy atom. The summed E-state index contributed by atoms with van der Waals surface area (Å²) < 4.78 is 35.5. The molecule has 19 heteroatoms. The first-order valence-corrected chi connectivity index (χ1v) is 28.3. The van der Waals surface area contributed by atoms with Crippen molar-refractivity contribution in [3.8, 4) is 17.6 Å². The number of para-hydroxylation sites is 1. The average molecular weight is 990 g/mol. The largest absolute Gasteiger partial charge is 0.491 e. The van der Waals surface area contributed by atoms with Gasteiger partial charge in [0.05, 0.1) is 23.4 Å². The van der Waals surface area contributed by atoms with Crippen LogP contribution in [0.3, 0.4) is 0 Å². The molecule has 0 unspecified atom stereocenters. The predicted molar refractivity (Wildman–Crippen MR) is 273 cm³/mol. The third-order valence-corrected chi connectivity index (χ3v) is 14.3. The minimum atomic E-state index is -1.27. The average Bonchev–Trinajstić information content (AvgIpc) is 3.84. The zero-order chi connectivity index (χ0) is 49.6. The van der Waals surface area contributed by atoms with Crippen LogP contribution < -0.4 is 14.4 Å². The van der Waals surface area contributed by atoms with Gasteiger partial charge in [-0.15, -0.1) is 21.5 Å². The van der Waals surface area contributed by atoms with Gasteiger partial charge in [-0.2, -0.15) is 4.99 Å². The first kappa shape index (κ1) is 53.7. The number of rotatable bonds is 23. The maximum absolute atomic E-state index is 14.9. The van der Waals surface area contributed by atoms with E-state index in [-0.39, 0.29) is 24.1 Å². The highest BCUT2D eigenvalue weighted by molar-refractivity contribution is 7.16. The van der Waals surface area contributed by atoms with Gasteiger partial charge in [-0.1, -0.05) is 55.0 Å². The summed E-state index contributed by atoms with van der Waals surface area (Å²) in [7, 11) is 6.30. The van der Waals surface area contributed by atoms with Crippen LogP contribution in [0.1, 0.15) is 66.5 Å². The van der Waals surface area contributed by atoms with Crippen LogP contribution in [0.2, 0.25) is 25.7 Å². The number of nitrogens with zero attached hydrogens (tertiary/aromatic N) is 9. The van der Waals surface area contributed by atoms with Crippen molar-refractivity contribution >= 4 is 69.8 Å². The van der Waals surface area contributed by atoms with E-state index in [1.807, 2.05) is 76.8 Å². The van der Waals surface area contributed by atoms with E-state index in [1.165, 1.54) is 17.4 Å². The summed E-state index contributed by atoms with van der Waals surface area (Å²) in [6.07, 6.45) is 1.94. The fourth-order valence-electron chi connectivity index (χ4n) is 6.59. The lowest BCUT2D eigenvalue weighted by molar-refractivity contribution is 0.0286. The monoisotopic (exact) mass is 989 g/mol. The molecule has 368 valence electrons. The third-order valence-electron chi connectivity index (χ3n) is 10.4. The minimum Gasteiger partial charge on any atom is -0.491 e. The fourth-order valence-corrected chi connectivity index (χ4v) is 9.49. The number of likely N-dealkylation sites (N-methyl/N-ethyl adjacent to an activating group) is 2. The molecule has 0 atom stereocenters. The maximum Gasteiger partial charge on any atom is 0.410 e. The molecule has 0 aliphatic heterocycles. The molecule has 0 aliphatic carbocycles. The van der Waals surface area contributed by atoms with Gasteiger partial charge in [0.15, 0.2) is 38.8 Å². The molecule has 3 aromatic heterocycles. The molecule has 1 amide bonds. The molecule has 15 nitrogen and oxygen atoms in total. The van der Waals surface area contributed by atoms with Crippen molar-refractivity contribution in [2.45, 2.75) is 91.4 Å². The Bertz CT molecular complexity index is 2610. The number of halogens is 1. The van der Waals surface area contributed by atoms with Gasteiger partial charge in [0.1, 0.15) is 12.3 Å². The van der Waals surface area contributed by atoms with Crippen molar-refractivity contribution < 1.29 is 33.3 Å². The Morgan fingerprint density at radius 3 is 2.38 bits per heavy atom. The minimum absolute atomic E-state index is 0.0478.